The van der Waals surface area contributed by atoms with Gasteiger partial charge in [0.15, 0.2) is 0 Å². The molecule has 2 aromatic rings. The van der Waals surface area contributed by atoms with E-state index in [9.17, 15) is 0 Å². The van der Waals surface area contributed by atoms with Gasteiger partial charge in [0, 0.05) is 5.92 Å². The monoisotopic (exact) mass is 280 g/mol. The molecule has 112 valence electrons. The molecule has 0 radical (unpaired) electrons. The van der Waals surface area contributed by atoms with E-state index in [1.54, 1.807) is 0 Å². The van der Waals surface area contributed by atoms with Gasteiger partial charge in [-0.2, -0.15) is 0 Å². The SMILES string of the molecule is C.C=C(C)C.Cc1ccc2c(c1)Cc1ccccc1C2C. The van der Waals surface area contributed by atoms with Gasteiger partial charge in [0.25, 0.3) is 0 Å². The quantitative estimate of drug-likeness (QED) is 0.499. The predicted molar refractivity (Wildman–Crippen MR) is 95.2 cm³/mol. The van der Waals surface area contributed by atoms with Crippen LogP contribution in [0.1, 0.15) is 61.9 Å². The summed E-state index contributed by atoms with van der Waals surface area (Å²) in [4.78, 5) is 0. The van der Waals surface area contributed by atoms with Crippen LogP contribution in [0, 0.1) is 6.92 Å². The fourth-order valence-corrected chi connectivity index (χ4v) is 2.80. The Hall–Kier alpha value is -1.82. The topological polar surface area (TPSA) is 0 Å². The normalized spacial score (nSPS) is 14.8. The zero-order valence-electron chi connectivity index (χ0n) is 13.0. The Kier molecular flexibility index (Phi) is 5.96. The highest BCUT2D eigenvalue weighted by Crippen LogP contribution is 2.36. The summed E-state index contributed by atoms with van der Waals surface area (Å²) >= 11 is 0. The largest absolute Gasteiger partial charge is 0.100 e. The summed E-state index contributed by atoms with van der Waals surface area (Å²) in [6.45, 7) is 12.0. The molecule has 0 heteroatoms. The Morgan fingerprint density at radius 3 is 2.24 bits per heavy atom. The smallest absolute Gasteiger partial charge is 0.00667 e. The van der Waals surface area contributed by atoms with Crippen molar-refractivity contribution in [3.8, 4) is 0 Å². The highest BCUT2D eigenvalue weighted by Gasteiger charge is 2.21. The molecule has 0 heterocycles. The Bertz CT molecular complexity index is 616. The van der Waals surface area contributed by atoms with Crippen molar-refractivity contribution in [2.75, 3.05) is 0 Å². The summed E-state index contributed by atoms with van der Waals surface area (Å²) in [5.74, 6) is 0.542. The summed E-state index contributed by atoms with van der Waals surface area (Å²) in [5, 5.41) is 0. The first-order valence-corrected chi connectivity index (χ1v) is 7.28. The summed E-state index contributed by atoms with van der Waals surface area (Å²) in [6, 6.07) is 15.7. The Morgan fingerprint density at radius 2 is 1.57 bits per heavy atom. The molecular formula is C21H28. The van der Waals surface area contributed by atoms with E-state index in [0.717, 1.165) is 6.42 Å². The van der Waals surface area contributed by atoms with Crippen molar-refractivity contribution >= 4 is 0 Å². The molecule has 0 saturated heterocycles. The molecule has 0 bridgehead atoms. The molecule has 1 atom stereocenters. The Morgan fingerprint density at radius 1 is 1.00 bits per heavy atom. The van der Waals surface area contributed by atoms with Gasteiger partial charge in [-0.25, -0.2) is 0 Å². The average Bonchev–Trinajstić information content (AvgIpc) is 2.38. The van der Waals surface area contributed by atoms with Crippen LogP contribution in [0.2, 0.25) is 0 Å². The highest BCUT2D eigenvalue weighted by atomic mass is 14.2. The third-order valence-electron chi connectivity index (χ3n) is 3.67. The maximum absolute atomic E-state index is 3.56. The number of hydrogen-bond acceptors (Lipinski definition) is 0. The fourth-order valence-electron chi connectivity index (χ4n) is 2.80. The van der Waals surface area contributed by atoms with Gasteiger partial charge < -0.3 is 0 Å². The van der Waals surface area contributed by atoms with Crippen molar-refractivity contribution in [3.63, 3.8) is 0 Å². The van der Waals surface area contributed by atoms with E-state index >= 15 is 0 Å². The van der Waals surface area contributed by atoms with E-state index in [-0.39, 0.29) is 7.43 Å². The molecule has 0 amide bonds. The Balaban J connectivity index is 0.000000397. The first-order chi connectivity index (χ1) is 9.49. The van der Waals surface area contributed by atoms with Crippen LogP contribution in [0.15, 0.2) is 54.6 Å². The summed E-state index contributed by atoms with van der Waals surface area (Å²) in [5.41, 5.74) is 8.53. The van der Waals surface area contributed by atoms with E-state index in [1.165, 1.54) is 33.4 Å². The van der Waals surface area contributed by atoms with Crippen LogP contribution in [0.5, 0.6) is 0 Å². The van der Waals surface area contributed by atoms with Crippen molar-refractivity contribution in [2.24, 2.45) is 0 Å². The maximum atomic E-state index is 3.56. The number of rotatable bonds is 0. The van der Waals surface area contributed by atoms with Gasteiger partial charge >= 0.3 is 0 Å². The van der Waals surface area contributed by atoms with Crippen molar-refractivity contribution in [1.82, 2.24) is 0 Å². The lowest BCUT2D eigenvalue weighted by molar-refractivity contribution is 0.844. The second-order valence-corrected chi connectivity index (χ2v) is 6.01. The van der Waals surface area contributed by atoms with Gasteiger partial charge in [0.05, 0.1) is 0 Å². The van der Waals surface area contributed by atoms with Crippen molar-refractivity contribution in [1.29, 1.82) is 0 Å². The maximum Gasteiger partial charge on any atom is 0.00667 e. The third kappa shape index (κ3) is 4.07. The van der Waals surface area contributed by atoms with Gasteiger partial charge in [0.2, 0.25) is 0 Å². The average molecular weight is 280 g/mol. The van der Waals surface area contributed by atoms with Crippen molar-refractivity contribution in [2.45, 2.75) is 47.5 Å². The second-order valence-electron chi connectivity index (χ2n) is 6.01. The summed E-state index contributed by atoms with van der Waals surface area (Å²) in [7, 11) is 0. The number of benzene rings is 2. The summed E-state index contributed by atoms with van der Waals surface area (Å²) < 4.78 is 0. The number of fused-ring (bicyclic) bond motifs is 2. The molecule has 21 heavy (non-hydrogen) atoms. The highest BCUT2D eigenvalue weighted by molar-refractivity contribution is 5.49. The zero-order valence-corrected chi connectivity index (χ0v) is 13.0. The third-order valence-corrected chi connectivity index (χ3v) is 3.67. The molecule has 1 unspecified atom stereocenters. The van der Waals surface area contributed by atoms with Gasteiger partial charge in [0.1, 0.15) is 0 Å². The molecule has 0 spiro atoms. The van der Waals surface area contributed by atoms with Crippen molar-refractivity contribution in [3.05, 3.63) is 82.4 Å². The van der Waals surface area contributed by atoms with Gasteiger partial charge in [-0.05, 0) is 49.4 Å². The predicted octanol–water partition coefficient (Wildman–Crippen LogP) is 6.27. The number of allylic oxidation sites excluding steroid dienone is 1. The molecule has 0 saturated carbocycles. The van der Waals surface area contributed by atoms with Gasteiger partial charge in [-0.3, -0.25) is 0 Å². The first-order valence-electron chi connectivity index (χ1n) is 7.28. The molecule has 1 aliphatic rings. The lowest BCUT2D eigenvalue weighted by Crippen LogP contribution is -2.11. The van der Waals surface area contributed by atoms with Gasteiger partial charge in [-0.15, -0.1) is 6.58 Å². The zero-order chi connectivity index (χ0) is 14.7. The minimum atomic E-state index is 0. The standard InChI is InChI=1S/C16H16.C4H8.CH4/c1-11-7-8-16-12(2)15-6-4-3-5-13(15)10-14(16)9-11;1-4(2)3;/h3-9,12H,10H2,1-2H3;1H2,2-3H3;1H4. The van der Waals surface area contributed by atoms with Crippen LogP contribution in [0.25, 0.3) is 0 Å². The second kappa shape index (κ2) is 7.26. The fraction of sp³-hybridized carbons (Fsp3) is 0.333. The lowest BCUT2D eigenvalue weighted by Gasteiger charge is -2.26. The molecule has 2 aromatic carbocycles. The lowest BCUT2D eigenvalue weighted by atomic mass is 9.79. The van der Waals surface area contributed by atoms with E-state index in [4.69, 9.17) is 0 Å². The van der Waals surface area contributed by atoms with E-state index < -0.39 is 0 Å². The molecule has 0 fully saturated rings. The molecule has 0 nitrogen and oxygen atoms in total. The van der Waals surface area contributed by atoms with E-state index in [0.29, 0.717) is 5.92 Å². The first kappa shape index (κ1) is 17.2. The van der Waals surface area contributed by atoms with Crippen LogP contribution in [0.3, 0.4) is 0 Å². The molecule has 0 aromatic heterocycles. The Labute approximate surface area is 130 Å². The minimum absolute atomic E-state index is 0. The molecular weight excluding hydrogens is 252 g/mol. The number of hydrogen-bond donors (Lipinski definition) is 0. The molecule has 3 rings (SSSR count). The van der Waals surface area contributed by atoms with Crippen LogP contribution >= 0.6 is 0 Å². The van der Waals surface area contributed by atoms with E-state index in [2.05, 4.69) is 62.9 Å². The van der Waals surface area contributed by atoms with Crippen LogP contribution < -0.4 is 0 Å². The molecule has 0 aliphatic heterocycles. The van der Waals surface area contributed by atoms with Crippen LogP contribution in [-0.2, 0) is 6.42 Å². The van der Waals surface area contributed by atoms with Crippen molar-refractivity contribution < 1.29 is 0 Å². The minimum Gasteiger partial charge on any atom is -0.100 e. The number of aryl methyl sites for hydroxylation is 1. The van der Waals surface area contributed by atoms with Crippen LogP contribution in [-0.4, -0.2) is 0 Å². The molecule has 1 aliphatic carbocycles. The molecule has 0 N–H and O–H groups in total. The van der Waals surface area contributed by atoms with Crippen LogP contribution in [0.4, 0.5) is 0 Å². The van der Waals surface area contributed by atoms with Gasteiger partial charge in [-0.1, -0.05) is 68.0 Å². The van der Waals surface area contributed by atoms with E-state index in [1.807, 2.05) is 13.8 Å². The summed E-state index contributed by atoms with van der Waals surface area (Å²) in [6.07, 6.45) is 1.09.